The SMILES string of the molecule is CN(O)C(=O)CN1CCN(CC(=O)O)CCN(CC(=O)N(C)O)CC1. The fourth-order valence-corrected chi connectivity index (χ4v) is 2.44. The molecule has 0 saturated carbocycles. The lowest BCUT2D eigenvalue weighted by molar-refractivity contribution is -0.161. The average Bonchev–Trinajstić information content (AvgIpc) is 2.60. The highest BCUT2D eigenvalue weighted by Crippen LogP contribution is 2.02. The van der Waals surface area contributed by atoms with Crippen LogP contribution in [0.4, 0.5) is 0 Å². The van der Waals surface area contributed by atoms with Crippen molar-refractivity contribution in [2.75, 3.05) is 73.0 Å². The van der Waals surface area contributed by atoms with Gasteiger partial charge in [0, 0.05) is 53.4 Å². The number of aliphatic carboxylic acids is 1. The Kier molecular flexibility index (Phi) is 8.72. The summed E-state index contributed by atoms with van der Waals surface area (Å²) in [6.45, 7) is 2.65. The number of nitrogens with zero attached hydrogens (tertiary/aromatic N) is 5. The zero-order valence-electron chi connectivity index (χ0n) is 14.7. The van der Waals surface area contributed by atoms with Crippen LogP contribution in [0.1, 0.15) is 0 Å². The van der Waals surface area contributed by atoms with E-state index in [-0.39, 0.29) is 19.6 Å². The van der Waals surface area contributed by atoms with Crippen LogP contribution in [0.2, 0.25) is 0 Å². The molecule has 1 aliphatic heterocycles. The lowest BCUT2D eigenvalue weighted by atomic mass is 10.4. The number of hydrogen-bond acceptors (Lipinski definition) is 8. The molecule has 11 heteroatoms. The highest BCUT2D eigenvalue weighted by molar-refractivity contribution is 5.77. The van der Waals surface area contributed by atoms with E-state index in [1.807, 2.05) is 0 Å². The molecule has 3 N–H and O–H groups in total. The molecular formula is C14H27N5O6. The van der Waals surface area contributed by atoms with Gasteiger partial charge in [0.15, 0.2) is 0 Å². The number of carboxylic acids is 1. The molecular weight excluding hydrogens is 334 g/mol. The first-order valence-corrected chi connectivity index (χ1v) is 7.98. The number of rotatable bonds is 6. The van der Waals surface area contributed by atoms with Gasteiger partial charge in [-0.15, -0.1) is 0 Å². The zero-order valence-corrected chi connectivity index (χ0v) is 14.7. The van der Waals surface area contributed by atoms with Gasteiger partial charge in [-0.05, 0) is 0 Å². The lowest BCUT2D eigenvalue weighted by Crippen LogP contribution is -2.44. The summed E-state index contributed by atoms with van der Waals surface area (Å²) >= 11 is 0. The first-order valence-electron chi connectivity index (χ1n) is 7.98. The van der Waals surface area contributed by atoms with Crippen LogP contribution >= 0.6 is 0 Å². The molecule has 0 aromatic heterocycles. The molecule has 0 atom stereocenters. The van der Waals surface area contributed by atoms with Gasteiger partial charge in [-0.3, -0.25) is 39.5 Å². The predicted octanol–water partition coefficient (Wildman–Crippen LogP) is -2.31. The maximum absolute atomic E-state index is 11.7. The molecule has 0 aliphatic carbocycles. The Morgan fingerprint density at radius 3 is 1.24 bits per heavy atom. The van der Waals surface area contributed by atoms with Gasteiger partial charge in [-0.25, -0.2) is 10.1 Å². The van der Waals surface area contributed by atoms with Crippen molar-refractivity contribution >= 4 is 17.8 Å². The van der Waals surface area contributed by atoms with E-state index in [0.717, 1.165) is 0 Å². The fourth-order valence-electron chi connectivity index (χ4n) is 2.44. The van der Waals surface area contributed by atoms with Gasteiger partial charge in [-0.2, -0.15) is 0 Å². The molecule has 25 heavy (non-hydrogen) atoms. The maximum atomic E-state index is 11.7. The van der Waals surface area contributed by atoms with Gasteiger partial charge in [0.2, 0.25) is 0 Å². The molecule has 1 rings (SSSR count). The molecule has 0 aromatic carbocycles. The third kappa shape index (κ3) is 8.23. The number of carbonyl (C=O) groups excluding carboxylic acids is 2. The van der Waals surface area contributed by atoms with Crippen molar-refractivity contribution < 1.29 is 29.9 Å². The number of hydrogen-bond donors (Lipinski definition) is 3. The Hall–Kier alpha value is -1.79. The van der Waals surface area contributed by atoms with Crippen molar-refractivity contribution in [2.24, 2.45) is 0 Å². The Bertz CT molecular complexity index is 439. The highest BCUT2D eigenvalue weighted by atomic mass is 16.5. The van der Waals surface area contributed by atoms with Crippen molar-refractivity contribution in [3.63, 3.8) is 0 Å². The van der Waals surface area contributed by atoms with Crippen molar-refractivity contribution in [3.8, 4) is 0 Å². The van der Waals surface area contributed by atoms with Gasteiger partial charge < -0.3 is 5.11 Å². The van der Waals surface area contributed by atoms with Crippen molar-refractivity contribution in [1.29, 1.82) is 0 Å². The molecule has 1 fully saturated rings. The second-order valence-electron chi connectivity index (χ2n) is 6.06. The smallest absolute Gasteiger partial charge is 0.317 e. The van der Waals surface area contributed by atoms with Crippen molar-refractivity contribution in [3.05, 3.63) is 0 Å². The van der Waals surface area contributed by atoms with E-state index in [1.54, 1.807) is 14.7 Å². The second kappa shape index (κ2) is 10.3. The normalized spacial score (nSPS) is 18.1. The molecule has 144 valence electrons. The number of amides is 2. The molecule has 0 bridgehead atoms. The number of carbonyl (C=O) groups is 3. The molecule has 2 amide bonds. The van der Waals surface area contributed by atoms with Gasteiger partial charge in [0.1, 0.15) is 0 Å². The first kappa shape index (κ1) is 21.3. The molecule has 0 aromatic rings. The van der Waals surface area contributed by atoms with Crippen molar-refractivity contribution in [1.82, 2.24) is 24.8 Å². The monoisotopic (exact) mass is 361 g/mol. The van der Waals surface area contributed by atoms with Gasteiger partial charge in [0.05, 0.1) is 19.6 Å². The van der Waals surface area contributed by atoms with Crippen molar-refractivity contribution in [2.45, 2.75) is 0 Å². The largest absolute Gasteiger partial charge is 0.480 e. The highest BCUT2D eigenvalue weighted by Gasteiger charge is 2.22. The van der Waals surface area contributed by atoms with Crippen LogP contribution in [-0.4, -0.2) is 131 Å². The maximum Gasteiger partial charge on any atom is 0.317 e. The molecule has 0 radical (unpaired) electrons. The van der Waals surface area contributed by atoms with Crippen LogP contribution in [0.25, 0.3) is 0 Å². The van der Waals surface area contributed by atoms with Crippen LogP contribution in [0, 0.1) is 0 Å². The second-order valence-corrected chi connectivity index (χ2v) is 6.06. The molecule has 1 heterocycles. The summed E-state index contributed by atoms with van der Waals surface area (Å²) in [7, 11) is 2.49. The Morgan fingerprint density at radius 2 is 1.00 bits per heavy atom. The minimum atomic E-state index is -0.949. The Morgan fingerprint density at radius 1 is 0.720 bits per heavy atom. The summed E-state index contributed by atoms with van der Waals surface area (Å²) < 4.78 is 0. The van der Waals surface area contributed by atoms with Gasteiger partial charge >= 0.3 is 5.97 Å². The molecule has 11 nitrogen and oxygen atoms in total. The van der Waals surface area contributed by atoms with E-state index in [1.165, 1.54) is 14.1 Å². The van der Waals surface area contributed by atoms with E-state index >= 15 is 0 Å². The number of likely N-dealkylation sites (N-methyl/N-ethyl adjacent to an activating group) is 2. The van der Waals surface area contributed by atoms with Crippen LogP contribution in [-0.2, 0) is 14.4 Å². The summed E-state index contributed by atoms with van der Waals surface area (Å²) in [5, 5.41) is 28.5. The van der Waals surface area contributed by atoms with Gasteiger partial charge in [0.25, 0.3) is 11.8 Å². The molecule has 0 spiro atoms. The Balaban J connectivity index is 2.76. The van der Waals surface area contributed by atoms with E-state index in [4.69, 9.17) is 5.11 Å². The van der Waals surface area contributed by atoms with Crippen LogP contribution in [0.3, 0.4) is 0 Å². The summed E-state index contributed by atoms with van der Waals surface area (Å²) in [5.41, 5.74) is 0. The third-order valence-corrected chi connectivity index (χ3v) is 4.00. The van der Waals surface area contributed by atoms with E-state index in [0.29, 0.717) is 49.4 Å². The first-order chi connectivity index (χ1) is 11.7. The Labute approximate surface area is 146 Å². The average molecular weight is 361 g/mol. The fraction of sp³-hybridized carbons (Fsp3) is 0.786. The lowest BCUT2D eigenvalue weighted by Gasteiger charge is -2.26. The summed E-state index contributed by atoms with van der Waals surface area (Å²) in [6.07, 6.45) is 0. The number of hydroxylamine groups is 4. The third-order valence-electron chi connectivity index (χ3n) is 4.00. The van der Waals surface area contributed by atoms with Crippen LogP contribution in [0.15, 0.2) is 0 Å². The topological polar surface area (TPSA) is 128 Å². The summed E-state index contributed by atoms with van der Waals surface area (Å²) in [4.78, 5) is 39.8. The summed E-state index contributed by atoms with van der Waals surface area (Å²) in [6, 6.07) is 0. The predicted molar refractivity (Wildman–Crippen MR) is 86.1 cm³/mol. The standard InChI is InChI=1S/C14H27N5O6/c1-15(24)12(20)9-17-3-4-18(10-13(21)16(2)25)6-8-19(7-5-17)11-14(22)23/h24-25H,3-11H2,1-2H3,(H,22,23). The molecule has 1 aliphatic rings. The van der Waals surface area contributed by atoms with Crippen LogP contribution in [0.5, 0.6) is 0 Å². The van der Waals surface area contributed by atoms with Crippen LogP contribution < -0.4 is 0 Å². The number of carboxylic acid groups (broad SMARTS) is 1. The quantitative estimate of drug-likeness (QED) is 0.353. The molecule has 0 unspecified atom stereocenters. The zero-order chi connectivity index (χ0) is 19.0. The minimum Gasteiger partial charge on any atom is -0.480 e. The van der Waals surface area contributed by atoms with E-state index in [2.05, 4.69) is 0 Å². The molecule has 1 saturated heterocycles. The summed E-state index contributed by atoms with van der Waals surface area (Å²) in [5.74, 6) is -1.89. The van der Waals surface area contributed by atoms with E-state index in [9.17, 15) is 24.8 Å². The van der Waals surface area contributed by atoms with Gasteiger partial charge in [-0.1, -0.05) is 0 Å². The van der Waals surface area contributed by atoms with E-state index < -0.39 is 17.8 Å². The minimum absolute atomic E-state index is 0.00436.